The van der Waals surface area contributed by atoms with Gasteiger partial charge in [0.05, 0.1) is 10.7 Å². The normalized spacial score (nSPS) is 18.1. The summed E-state index contributed by atoms with van der Waals surface area (Å²) >= 11 is 6.23. The Morgan fingerprint density at radius 1 is 1.15 bits per heavy atom. The van der Waals surface area contributed by atoms with E-state index in [2.05, 4.69) is 25.9 Å². The molecule has 1 saturated carbocycles. The number of nitrogens with zero attached hydrogens (tertiary/aromatic N) is 5. The number of benzene rings is 1. The van der Waals surface area contributed by atoms with E-state index in [4.69, 9.17) is 16.6 Å². The van der Waals surface area contributed by atoms with Gasteiger partial charge >= 0.3 is 0 Å². The highest BCUT2D eigenvalue weighted by Crippen LogP contribution is 2.39. The van der Waals surface area contributed by atoms with Gasteiger partial charge in [0.15, 0.2) is 11.6 Å². The minimum absolute atomic E-state index is 0.118. The van der Waals surface area contributed by atoms with Crippen molar-refractivity contribution in [1.29, 1.82) is 0 Å². The number of rotatable bonds is 6. The van der Waals surface area contributed by atoms with Crippen LogP contribution in [0, 0.1) is 0 Å². The van der Waals surface area contributed by atoms with Crippen LogP contribution in [-0.2, 0) is 4.79 Å². The number of H-pyrrole nitrogens is 1. The largest absolute Gasteiger partial charge is 0.327 e. The lowest BCUT2D eigenvalue weighted by Gasteiger charge is -2.24. The van der Waals surface area contributed by atoms with Gasteiger partial charge in [0.25, 0.3) is 0 Å². The molecule has 4 heterocycles. The summed E-state index contributed by atoms with van der Waals surface area (Å²) < 4.78 is 1.78. The molecule has 33 heavy (non-hydrogen) atoms. The van der Waals surface area contributed by atoms with Crippen molar-refractivity contribution in [1.82, 2.24) is 24.8 Å². The van der Waals surface area contributed by atoms with Gasteiger partial charge in [0.1, 0.15) is 11.6 Å². The summed E-state index contributed by atoms with van der Waals surface area (Å²) in [5, 5.41) is 19.0. The van der Waals surface area contributed by atoms with Crippen LogP contribution in [0.5, 0.6) is 0 Å². The summed E-state index contributed by atoms with van der Waals surface area (Å²) in [6.07, 6.45) is 5.88. The average Bonchev–Trinajstić information content (AvgIpc) is 3.20. The number of amides is 1. The first-order valence-electron chi connectivity index (χ1n) is 11.2. The fourth-order valence-electron chi connectivity index (χ4n) is 4.32. The second kappa shape index (κ2) is 8.08. The number of fused-ring (bicyclic) bond motifs is 1. The number of aromatic amines is 1. The van der Waals surface area contributed by atoms with Gasteiger partial charge < -0.3 is 15.5 Å². The van der Waals surface area contributed by atoms with E-state index in [9.17, 15) is 4.79 Å². The third-order valence-corrected chi connectivity index (χ3v) is 6.51. The topological polar surface area (TPSA) is 103 Å². The van der Waals surface area contributed by atoms with E-state index in [0.29, 0.717) is 34.9 Å². The first-order chi connectivity index (χ1) is 16.2. The van der Waals surface area contributed by atoms with E-state index in [0.717, 1.165) is 29.9 Å². The minimum Gasteiger partial charge on any atom is -0.327 e. The Morgan fingerprint density at radius 3 is 2.88 bits per heavy atom. The Hall–Kier alpha value is -3.59. The highest BCUT2D eigenvalue weighted by atomic mass is 35.5. The molecule has 0 spiro atoms. The molecule has 168 valence electrons. The number of hydrogen-bond acceptors (Lipinski definition) is 6. The van der Waals surface area contributed by atoms with Gasteiger partial charge in [-0.1, -0.05) is 23.7 Å². The number of carbonyl (C=O) groups is 1. The molecular weight excluding hydrogens is 440 g/mol. The molecule has 1 atom stereocenters. The van der Waals surface area contributed by atoms with Gasteiger partial charge in [-0.15, -0.1) is 5.10 Å². The molecule has 0 radical (unpaired) electrons. The predicted molar refractivity (Wildman–Crippen MR) is 127 cm³/mol. The maximum atomic E-state index is 13.1. The summed E-state index contributed by atoms with van der Waals surface area (Å²) in [4.78, 5) is 19.9. The van der Waals surface area contributed by atoms with E-state index >= 15 is 0 Å². The number of anilines is 4. The molecule has 10 heteroatoms. The maximum Gasteiger partial charge on any atom is 0.247 e. The zero-order valence-corrected chi connectivity index (χ0v) is 18.6. The Morgan fingerprint density at radius 2 is 2.03 bits per heavy atom. The predicted octanol–water partition coefficient (Wildman–Crippen LogP) is 4.33. The van der Waals surface area contributed by atoms with Gasteiger partial charge in [-0.3, -0.25) is 9.89 Å². The minimum atomic E-state index is -0.381. The van der Waals surface area contributed by atoms with Crippen LogP contribution in [0.3, 0.4) is 0 Å². The zero-order valence-electron chi connectivity index (χ0n) is 17.8. The Kier molecular flexibility index (Phi) is 4.91. The fraction of sp³-hybridized carbons (Fsp3) is 0.304. The van der Waals surface area contributed by atoms with Crippen LogP contribution in [0.25, 0.3) is 5.52 Å². The van der Waals surface area contributed by atoms with Gasteiger partial charge in [-0.2, -0.15) is 10.1 Å². The number of hydrogen-bond donors (Lipinski definition) is 3. The van der Waals surface area contributed by atoms with Crippen LogP contribution in [0.15, 0.2) is 48.7 Å². The molecule has 1 aliphatic heterocycles. The molecule has 1 aromatic carbocycles. The van der Waals surface area contributed by atoms with Gasteiger partial charge in [-0.05, 0) is 49.9 Å². The zero-order chi connectivity index (χ0) is 22.4. The van der Waals surface area contributed by atoms with Crippen molar-refractivity contribution in [2.24, 2.45) is 0 Å². The SMILES string of the molecule is O=C(Nc1ccccc1Cl)[C@@H]1CCCN1c1nc(Nc2cc(C3CC3)[nH]n2)c2cccn2n1. The van der Waals surface area contributed by atoms with Crippen molar-refractivity contribution in [3.63, 3.8) is 0 Å². The number of halogens is 1. The van der Waals surface area contributed by atoms with E-state index in [1.165, 1.54) is 12.8 Å². The number of nitrogens with one attached hydrogen (secondary N) is 3. The Bertz CT molecular complexity index is 1330. The third-order valence-electron chi connectivity index (χ3n) is 6.19. The average molecular weight is 463 g/mol. The van der Waals surface area contributed by atoms with Gasteiger partial charge in [0.2, 0.25) is 11.9 Å². The molecule has 3 N–H and O–H groups in total. The molecule has 0 bridgehead atoms. The summed E-state index contributed by atoms with van der Waals surface area (Å²) in [6, 6.07) is 12.8. The maximum absolute atomic E-state index is 13.1. The van der Waals surface area contributed by atoms with E-state index in [-0.39, 0.29) is 11.9 Å². The van der Waals surface area contributed by atoms with E-state index in [1.54, 1.807) is 16.6 Å². The molecule has 3 aromatic heterocycles. The van der Waals surface area contributed by atoms with Crippen molar-refractivity contribution in [2.75, 3.05) is 22.1 Å². The third kappa shape index (κ3) is 3.89. The van der Waals surface area contributed by atoms with Crippen LogP contribution in [0.2, 0.25) is 5.02 Å². The van der Waals surface area contributed by atoms with Crippen LogP contribution >= 0.6 is 11.6 Å². The van der Waals surface area contributed by atoms with E-state index < -0.39 is 0 Å². The second-order valence-corrected chi connectivity index (χ2v) is 8.93. The lowest BCUT2D eigenvalue weighted by atomic mass is 10.2. The molecular formula is C23H23ClN8O. The summed E-state index contributed by atoms with van der Waals surface area (Å²) in [6.45, 7) is 0.695. The highest BCUT2D eigenvalue weighted by molar-refractivity contribution is 6.33. The molecule has 2 aliphatic rings. The quantitative estimate of drug-likeness (QED) is 0.394. The van der Waals surface area contributed by atoms with Crippen LogP contribution in [0.4, 0.5) is 23.3 Å². The molecule has 2 fully saturated rings. The summed E-state index contributed by atoms with van der Waals surface area (Å²) in [5.41, 5.74) is 2.59. The van der Waals surface area contributed by atoms with Crippen LogP contribution in [0.1, 0.15) is 37.3 Å². The Balaban J connectivity index is 1.28. The lowest BCUT2D eigenvalue weighted by molar-refractivity contribution is -0.117. The molecule has 4 aromatic rings. The van der Waals surface area contributed by atoms with Gasteiger partial charge in [-0.25, -0.2) is 4.52 Å². The number of aromatic nitrogens is 5. The monoisotopic (exact) mass is 462 g/mol. The smallest absolute Gasteiger partial charge is 0.247 e. The number of carbonyl (C=O) groups excluding carboxylic acids is 1. The van der Waals surface area contributed by atoms with Gasteiger partial charge in [0, 0.05) is 30.4 Å². The van der Waals surface area contributed by atoms with Crippen LogP contribution < -0.4 is 15.5 Å². The highest BCUT2D eigenvalue weighted by Gasteiger charge is 2.33. The van der Waals surface area contributed by atoms with Crippen molar-refractivity contribution in [3.8, 4) is 0 Å². The standard InChI is InChI=1S/C23H23ClN8O/c24-15-5-1-2-6-16(15)25-22(33)19-8-3-11-31(19)23-27-21(18-7-4-12-32(18)30-23)26-20-13-17(28-29-20)14-9-10-14/h1-2,4-7,12-14,19H,3,8-11H2,(H,25,33)(H2,26,27,28,29,30)/t19-/m0/s1. The van der Waals surface area contributed by atoms with Crippen molar-refractivity contribution < 1.29 is 4.79 Å². The number of para-hydroxylation sites is 1. The Labute approximate surface area is 195 Å². The molecule has 0 unspecified atom stereocenters. The molecule has 6 rings (SSSR count). The first-order valence-corrected chi connectivity index (χ1v) is 11.5. The summed E-state index contributed by atoms with van der Waals surface area (Å²) in [7, 11) is 0. The van der Waals surface area contributed by atoms with Crippen molar-refractivity contribution in [2.45, 2.75) is 37.6 Å². The molecule has 1 saturated heterocycles. The second-order valence-electron chi connectivity index (χ2n) is 8.53. The molecule has 9 nitrogen and oxygen atoms in total. The van der Waals surface area contributed by atoms with Crippen molar-refractivity contribution >= 4 is 46.3 Å². The van der Waals surface area contributed by atoms with Crippen molar-refractivity contribution in [3.05, 3.63) is 59.4 Å². The fourth-order valence-corrected chi connectivity index (χ4v) is 4.50. The summed E-state index contributed by atoms with van der Waals surface area (Å²) in [5.74, 6) is 2.34. The molecule has 1 amide bonds. The van der Waals surface area contributed by atoms with Crippen LogP contribution in [-0.4, -0.2) is 43.3 Å². The van der Waals surface area contributed by atoms with E-state index in [1.807, 2.05) is 41.4 Å². The lowest BCUT2D eigenvalue weighted by Crippen LogP contribution is -2.41. The molecule has 1 aliphatic carbocycles. The first kappa shape index (κ1) is 20.0.